The van der Waals surface area contributed by atoms with E-state index >= 15 is 0 Å². The van der Waals surface area contributed by atoms with Crippen LogP contribution in [0.5, 0.6) is 11.5 Å². The molecule has 4 rings (SSSR count). The van der Waals surface area contributed by atoms with E-state index in [0.29, 0.717) is 24.0 Å². The summed E-state index contributed by atoms with van der Waals surface area (Å²) in [6.07, 6.45) is 9.47. The summed E-state index contributed by atoms with van der Waals surface area (Å²) in [7, 11) is -0.406. The number of hydrogen-bond donors (Lipinski definition) is 2. The maximum absolute atomic E-state index is 11.8. The summed E-state index contributed by atoms with van der Waals surface area (Å²) in [5.41, 5.74) is 5.10. The number of aliphatic hydroxyl groups is 1. The van der Waals surface area contributed by atoms with Crippen LogP contribution in [0.25, 0.3) is 6.08 Å². The molecule has 0 aliphatic heterocycles. The van der Waals surface area contributed by atoms with Gasteiger partial charge in [-0.3, -0.25) is 4.79 Å². The summed E-state index contributed by atoms with van der Waals surface area (Å²) < 4.78 is 37.6. The molecule has 1 aliphatic carbocycles. The van der Waals surface area contributed by atoms with Crippen molar-refractivity contribution >= 4 is 22.0 Å². The number of carbonyl (C=O) groups is 1. The Morgan fingerprint density at radius 2 is 1.74 bits per heavy atom. The first-order chi connectivity index (χ1) is 18.6. The van der Waals surface area contributed by atoms with Gasteiger partial charge in [0.1, 0.15) is 11.5 Å². The molecule has 0 spiro atoms. The second-order valence-corrected chi connectivity index (χ2v) is 12.0. The highest BCUT2D eigenvalue weighted by molar-refractivity contribution is 7.89. The Hall–Kier alpha value is -3.56. The molecule has 1 amide bonds. The highest BCUT2D eigenvalue weighted by atomic mass is 32.2. The van der Waals surface area contributed by atoms with Crippen LogP contribution >= 0.6 is 0 Å². The van der Waals surface area contributed by atoms with Crippen molar-refractivity contribution < 1.29 is 27.8 Å². The van der Waals surface area contributed by atoms with E-state index in [1.807, 2.05) is 46.8 Å². The lowest BCUT2D eigenvalue weighted by molar-refractivity contribution is -0.114. The van der Waals surface area contributed by atoms with Gasteiger partial charge in [0.2, 0.25) is 10.0 Å². The molecular formula is C30H36N2O6S. The first-order valence-electron chi connectivity index (χ1n) is 12.9. The minimum atomic E-state index is -3.62. The van der Waals surface area contributed by atoms with Crippen molar-refractivity contribution in [3.05, 3.63) is 88.8 Å². The molecule has 1 aromatic heterocycles. The molecule has 0 fully saturated rings. The first kappa shape index (κ1) is 28.4. The van der Waals surface area contributed by atoms with Gasteiger partial charge in [-0.1, -0.05) is 24.3 Å². The lowest BCUT2D eigenvalue weighted by atomic mass is 9.85. The summed E-state index contributed by atoms with van der Waals surface area (Å²) >= 11 is 0. The standard InChI is InChI=1S/C30H36N2O6S/c1-20-27(37-2)16-25(17-28(20)38-3)30(34)26(15-22-13-23-7-5-6-8-24(23)14-22)19-32-12-11-21(18-32)9-10-29(33)31-39(4,35)36/h5-12,16-18,22,26,30,34H,13-15,19H2,1-4H3,(H,31,33)/b10-9+/t26-,30+/m0/s1. The zero-order chi connectivity index (χ0) is 28.2. The van der Waals surface area contributed by atoms with Gasteiger partial charge >= 0.3 is 0 Å². The average molecular weight is 553 g/mol. The Labute approximate surface area is 230 Å². The summed E-state index contributed by atoms with van der Waals surface area (Å²) in [4.78, 5) is 11.8. The quantitative estimate of drug-likeness (QED) is 0.348. The number of sulfonamides is 1. The third kappa shape index (κ3) is 7.30. The largest absolute Gasteiger partial charge is 0.496 e. The van der Waals surface area contributed by atoms with E-state index in [1.54, 1.807) is 20.3 Å². The SMILES string of the molecule is COc1cc([C@@H](O)[C@@H](CC2Cc3ccccc3C2)Cn2ccc(/C=C/C(=O)NS(C)(=O)=O)c2)cc(OC)c1C. The van der Waals surface area contributed by atoms with Crippen LogP contribution in [0.15, 0.2) is 60.9 Å². The maximum atomic E-state index is 11.8. The lowest BCUT2D eigenvalue weighted by Gasteiger charge is -2.27. The predicted octanol–water partition coefficient (Wildman–Crippen LogP) is 4.06. The van der Waals surface area contributed by atoms with Crippen LogP contribution in [0.4, 0.5) is 0 Å². The van der Waals surface area contributed by atoms with Gasteiger partial charge < -0.3 is 19.1 Å². The minimum absolute atomic E-state index is 0.112. The number of nitrogens with one attached hydrogen (secondary N) is 1. The Morgan fingerprint density at radius 1 is 1.13 bits per heavy atom. The van der Waals surface area contributed by atoms with Crippen molar-refractivity contribution in [1.29, 1.82) is 0 Å². The molecule has 8 nitrogen and oxygen atoms in total. The Bertz CT molecular complexity index is 1410. The molecule has 3 aromatic rings. The number of fused-ring (bicyclic) bond motifs is 1. The summed E-state index contributed by atoms with van der Waals surface area (Å²) in [6, 6.07) is 14.1. The first-order valence-corrected chi connectivity index (χ1v) is 14.8. The number of carbonyl (C=O) groups excluding carboxylic acids is 1. The number of methoxy groups -OCH3 is 2. The highest BCUT2D eigenvalue weighted by Gasteiger charge is 2.30. The molecule has 0 unspecified atom stereocenters. The fourth-order valence-electron chi connectivity index (χ4n) is 5.43. The van der Waals surface area contributed by atoms with Gasteiger partial charge in [-0.2, -0.15) is 0 Å². The molecule has 1 heterocycles. The van der Waals surface area contributed by atoms with Crippen LogP contribution in [-0.2, 0) is 34.2 Å². The summed E-state index contributed by atoms with van der Waals surface area (Å²) in [5, 5.41) is 11.7. The monoisotopic (exact) mass is 552 g/mol. The van der Waals surface area contributed by atoms with E-state index in [1.165, 1.54) is 17.2 Å². The number of nitrogens with zero attached hydrogens (tertiary/aromatic N) is 1. The third-order valence-corrected chi connectivity index (χ3v) is 7.84. The van der Waals surface area contributed by atoms with E-state index in [4.69, 9.17) is 9.47 Å². The van der Waals surface area contributed by atoms with Gasteiger partial charge in [-0.25, -0.2) is 13.1 Å². The molecule has 0 saturated carbocycles. The Balaban J connectivity index is 1.57. The predicted molar refractivity (Wildman–Crippen MR) is 151 cm³/mol. The summed E-state index contributed by atoms with van der Waals surface area (Å²) in [6.45, 7) is 2.47. The normalized spacial score (nSPS) is 15.2. The number of hydrogen-bond acceptors (Lipinski definition) is 6. The van der Waals surface area contributed by atoms with Gasteiger partial charge in [0.05, 0.1) is 26.6 Å². The minimum Gasteiger partial charge on any atom is -0.496 e. The number of aliphatic hydroxyl groups excluding tert-OH is 1. The van der Waals surface area contributed by atoms with Gasteiger partial charge in [0.15, 0.2) is 0 Å². The number of rotatable bonds is 11. The van der Waals surface area contributed by atoms with Crippen molar-refractivity contribution in [2.45, 2.75) is 38.8 Å². The molecule has 1 aliphatic rings. The van der Waals surface area contributed by atoms with Crippen LogP contribution in [0.1, 0.15) is 40.3 Å². The van der Waals surface area contributed by atoms with Crippen molar-refractivity contribution in [3.8, 4) is 11.5 Å². The molecule has 39 heavy (non-hydrogen) atoms. The molecule has 0 saturated heterocycles. The molecule has 2 aromatic carbocycles. The topological polar surface area (TPSA) is 107 Å². The van der Waals surface area contributed by atoms with Gasteiger partial charge in [-0.15, -0.1) is 0 Å². The zero-order valence-corrected chi connectivity index (χ0v) is 23.6. The third-order valence-electron chi connectivity index (χ3n) is 7.27. The zero-order valence-electron chi connectivity index (χ0n) is 22.8. The molecule has 2 atom stereocenters. The lowest BCUT2D eigenvalue weighted by Crippen LogP contribution is -2.27. The van der Waals surface area contributed by atoms with Crippen LogP contribution in [0, 0.1) is 18.8 Å². The smallest absolute Gasteiger partial charge is 0.257 e. The van der Waals surface area contributed by atoms with E-state index < -0.39 is 22.0 Å². The molecular weight excluding hydrogens is 516 g/mol. The van der Waals surface area contributed by atoms with E-state index in [9.17, 15) is 18.3 Å². The second-order valence-electron chi connectivity index (χ2n) is 10.2. The fourth-order valence-corrected chi connectivity index (χ4v) is 5.86. The molecule has 208 valence electrons. The molecule has 9 heteroatoms. The van der Waals surface area contributed by atoms with Crippen molar-refractivity contribution in [2.75, 3.05) is 20.5 Å². The van der Waals surface area contributed by atoms with E-state index in [2.05, 4.69) is 24.3 Å². The van der Waals surface area contributed by atoms with Crippen LogP contribution in [0.2, 0.25) is 0 Å². The summed E-state index contributed by atoms with van der Waals surface area (Å²) in [5.74, 6) is 0.916. The second kappa shape index (κ2) is 12.1. The maximum Gasteiger partial charge on any atom is 0.257 e. The van der Waals surface area contributed by atoms with Gasteiger partial charge in [0.25, 0.3) is 5.91 Å². The van der Waals surface area contributed by atoms with Crippen molar-refractivity contribution in [2.24, 2.45) is 11.8 Å². The molecule has 0 radical (unpaired) electrons. The van der Waals surface area contributed by atoms with E-state index in [0.717, 1.165) is 42.2 Å². The number of amides is 1. The Morgan fingerprint density at radius 3 is 2.31 bits per heavy atom. The van der Waals surface area contributed by atoms with Crippen molar-refractivity contribution in [1.82, 2.24) is 9.29 Å². The highest BCUT2D eigenvalue weighted by Crippen LogP contribution is 2.39. The average Bonchev–Trinajstić information content (AvgIpc) is 3.52. The van der Waals surface area contributed by atoms with Gasteiger partial charge in [0, 0.05) is 36.5 Å². The van der Waals surface area contributed by atoms with Crippen LogP contribution < -0.4 is 14.2 Å². The van der Waals surface area contributed by atoms with Crippen LogP contribution in [-0.4, -0.2) is 44.5 Å². The number of ether oxygens (including phenoxy) is 2. The Kier molecular flexibility index (Phi) is 8.82. The number of benzene rings is 2. The van der Waals surface area contributed by atoms with Crippen molar-refractivity contribution in [3.63, 3.8) is 0 Å². The van der Waals surface area contributed by atoms with Gasteiger partial charge in [-0.05, 0) is 78.6 Å². The van der Waals surface area contributed by atoms with Crippen LogP contribution in [0.3, 0.4) is 0 Å². The fraction of sp³-hybridized carbons (Fsp3) is 0.367. The van der Waals surface area contributed by atoms with E-state index in [-0.39, 0.29) is 5.92 Å². The molecule has 0 bridgehead atoms. The molecule has 2 N–H and O–H groups in total. The number of aromatic nitrogens is 1.